The molecule has 24 heavy (non-hydrogen) atoms. The molecule has 0 saturated carbocycles. The Bertz CT molecular complexity index is 819. The van der Waals surface area contributed by atoms with Gasteiger partial charge in [-0.25, -0.2) is 0 Å². The van der Waals surface area contributed by atoms with E-state index in [-0.39, 0.29) is 0 Å². The van der Waals surface area contributed by atoms with Gasteiger partial charge in [0.25, 0.3) is 0 Å². The first-order chi connectivity index (χ1) is 11.8. The maximum Gasteiger partial charge on any atom is 0.191 e. The van der Waals surface area contributed by atoms with Crippen molar-refractivity contribution in [1.29, 1.82) is 0 Å². The Morgan fingerprint density at radius 3 is 2.92 bits per heavy atom. The lowest BCUT2D eigenvalue weighted by Gasteiger charge is -2.10. The van der Waals surface area contributed by atoms with Crippen LogP contribution in [0.2, 0.25) is 0 Å². The fourth-order valence-electron chi connectivity index (χ4n) is 2.49. The fraction of sp³-hybridized carbons (Fsp3) is 0.353. The highest BCUT2D eigenvalue weighted by atomic mass is 32.1. The first-order valence-electron chi connectivity index (χ1n) is 8.05. The van der Waals surface area contributed by atoms with Gasteiger partial charge in [0.1, 0.15) is 5.82 Å². The molecule has 0 aliphatic heterocycles. The number of hydrogen-bond donors (Lipinski definition) is 2. The van der Waals surface area contributed by atoms with Crippen LogP contribution in [-0.4, -0.2) is 34.2 Å². The van der Waals surface area contributed by atoms with Crippen molar-refractivity contribution in [2.75, 3.05) is 13.6 Å². The van der Waals surface area contributed by atoms with Gasteiger partial charge >= 0.3 is 0 Å². The van der Waals surface area contributed by atoms with Gasteiger partial charge in [-0.3, -0.25) is 9.39 Å². The van der Waals surface area contributed by atoms with Crippen LogP contribution in [0.4, 0.5) is 0 Å². The van der Waals surface area contributed by atoms with Crippen molar-refractivity contribution < 1.29 is 0 Å². The summed E-state index contributed by atoms with van der Waals surface area (Å²) in [7, 11) is 1.79. The fourth-order valence-corrected chi connectivity index (χ4v) is 3.32. The van der Waals surface area contributed by atoms with Crippen molar-refractivity contribution >= 4 is 22.9 Å². The molecule has 0 saturated heterocycles. The zero-order valence-corrected chi connectivity index (χ0v) is 14.8. The minimum atomic E-state index is 0.799. The molecule has 3 heterocycles. The van der Waals surface area contributed by atoms with Gasteiger partial charge < -0.3 is 10.6 Å². The summed E-state index contributed by atoms with van der Waals surface area (Å²) in [5.41, 5.74) is 0.893. The van der Waals surface area contributed by atoms with Gasteiger partial charge in [-0.1, -0.05) is 6.07 Å². The molecular weight excluding hydrogens is 320 g/mol. The molecule has 3 aromatic heterocycles. The lowest BCUT2D eigenvalue weighted by Crippen LogP contribution is -2.37. The molecule has 6 nitrogen and oxygen atoms in total. The van der Waals surface area contributed by atoms with Crippen LogP contribution < -0.4 is 10.6 Å². The summed E-state index contributed by atoms with van der Waals surface area (Å²) in [4.78, 5) is 6.90. The molecule has 0 fully saturated rings. The SMILES string of the molecule is CN=C(NCCCc1nnc2ccccn12)NCc1ccc(C)s1. The van der Waals surface area contributed by atoms with Crippen LogP contribution in [0, 0.1) is 6.92 Å². The van der Waals surface area contributed by atoms with Crippen molar-refractivity contribution in [3.05, 3.63) is 52.1 Å². The number of pyridine rings is 1. The molecule has 3 rings (SSSR count). The molecule has 7 heteroatoms. The Hall–Kier alpha value is -2.41. The van der Waals surface area contributed by atoms with Crippen LogP contribution in [0.1, 0.15) is 22.0 Å². The van der Waals surface area contributed by atoms with E-state index in [0.29, 0.717) is 0 Å². The first-order valence-corrected chi connectivity index (χ1v) is 8.86. The first kappa shape index (κ1) is 16.4. The van der Waals surface area contributed by atoms with Crippen LogP contribution in [-0.2, 0) is 13.0 Å². The molecule has 0 aromatic carbocycles. The third-order valence-corrected chi connectivity index (χ3v) is 4.70. The van der Waals surface area contributed by atoms with E-state index in [9.17, 15) is 0 Å². The molecule has 2 N–H and O–H groups in total. The quantitative estimate of drug-likeness (QED) is 0.410. The maximum atomic E-state index is 4.26. The Kier molecular flexibility index (Phi) is 5.43. The Balaban J connectivity index is 1.43. The molecular formula is C17H22N6S. The average Bonchev–Trinajstić information content (AvgIpc) is 3.20. The van der Waals surface area contributed by atoms with Crippen LogP contribution in [0.5, 0.6) is 0 Å². The van der Waals surface area contributed by atoms with E-state index >= 15 is 0 Å². The summed E-state index contributed by atoms with van der Waals surface area (Å²) in [5, 5.41) is 15.1. The number of aromatic nitrogens is 3. The van der Waals surface area contributed by atoms with Gasteiger partial charge in [0.15, 0.2) is 11.6 Å². The van der Waals surface area contributed by atoms with E-state index in [1.165, 1.54) is 9.75 Å². The zero-order valence-electron chi connectivity index (χ0n) is 14.0. The smallest absolute Gasteiger partial charge is 0.191 e. The Labute approximate surface area is 145 Å². The van der Waals surface area contributed by atoms with Gasteiger partial charge in [0.2, 0.25) is 0 Å². The monoisotopic (exact) mass is 342 g/mol. The van der Waals surface area contributed by atoms with E-state index in [4.69, 9.17) is 0 Å². The van der Waals surface area contributed by atoms with Crippen molar-refractivity contribution in [3.63, 3.8) is 0 Å². The maximum absolute atomic E-state index is 4.26. The van der Waals surface area contributed by atoms with Crippen LogP contribution in [0.15, 0.2) is 41.5 Å². The minimum Gasteiger partial charge on any atom is -0.356 e. The molecule has 0 unspecified atom stereocenters. The number of nitrogens with zero attached hydrogens (tertiary/aromatic N) is 4. The highest BCUT2D eigenvalue weighted by molar-refractivity contribution is 7.11. The summed E-state index contributed by atoms with van der Waals surface area (Å²) < 4.78 is 2.03. The highest BCUT2D eigenvalue weighted by Crippen LogP contribution is 2.14. The minimum absolute atomic E-state index is 0.799. The summed E-state index contributed by atoms with van der Waals surface area (Å²) in [5.74, 6) is 1.82. The Morgan fingerprint density at radius 1 is 1.21 bits per heavy atom. The third-order valence-electron chi connectivity index (χ3n) is 3.70. The predicted molar refractivity (Wildman–Crippen MR) is 98.6 cm³/mol. The topological polar surface area (TPSA) is 66.6 Å². The number of hydrogen-bond acceptors (Lipinski definition) is 4. The van der Waals surface area contributed by atoms with Crippen molar-refractivity contribution in [2.45, 2.75) is 26.3 Å². The summed E-state index contributed by atoms with van der Waals surface area (Å²) in [6.07, 6.45) is 3.84. The van der Waals surface area contributed by atoms with Gasteiger partial charge in [0, 0.05) is 36.0 Å². The van der Waals surface area contributed by atoms with Gasteiger partial charge in [0.05, 0.1) is 6.54 Å². The molecule has 0 aliphatic rings. The van der Waals surface area contributed by atoms with Gasteiger partial charge in [-0.05, 0) is 37.6 Å². The van der Waals surface area contributed by atoms with Crippen LogP contribution in [0.25, 0.3) is 5.65 Å². The highest BCUT2D eigenvalue weighted by Gasteiger charge is 2.04. The molecule has 3 aromatic rings. The van der Waals surface area contributed by atoms with E-state index in [1.807, 2.05) is 28.8 Å². The van der Waals surface area contributed by atoms with Crippen molar-refractivity contribution in [1.82, 2.24) is 25.2 Å². The van der Waals surface area contributed by atoms with E-state index in [1.54, 1.807) is 18.4 Å². The Morgan fingerprint density at radius 2 is 2.12 bits per heavy atom. The second kappa shape index (κ2) is 7.92. The second-order valence-corrected chi connectivity index (χ2v) is 6.89. The average molecular weight is 342 g/mol. The molecule has 0 bridgehead atoms. The summed E-state index contributed by atoms with van der Waals surface area (Å²) in [6, 6.07) is 10.2. The van der Waals surface area contributed by atoms with E-state index < -0.39 is 0 Å². The predicted octanol–water partition coefficient (Wildman–Crippen LogP) is 2.40. The van der Waals surface area contributed by atoms with Crippen molar-refractivity contribution in [3.8, 4) is 0 Å². The lowest BCUT2D eigenvalue weighted by atomic mass is 10.3. The number of thiophene rings is 1. The van der Waals surface area contributed by atoms with E-state index in [0.717, 1.165) is 43.4 Å². The second-order valence-electron chi connectivity index (χ2n) is 5.51. The zero-order chi connectivity index (χ0) is 16.8. The molecule has 0 aliphatic carbocycles. The number of fused-ring (bicyclic) bond motifs is 1. The molecule has 0 amide bonds. The number of guanidine groups is 1. The number of nitrogens with one attached hydrogen (secondary N) is 2. The third kappa shape index (κ3) is 4.11. The molecule has 126 valence electrons. The molecule has 0 atom stereocenters. The normalized spacial score (nSPS) is 11.8. The van der Waals surface area contributed by atoms with Crippen LogP contribution in [0.3, 0.4) is 0 Å². The van der Waals surface area contributed by atoms with Crippen LogP contribution >= 0.6 is 11.3 Å². The largest absolute Gasteiger partial charge is 0.356 e. The summed E-state index contributed by atoms with van der Waals surface area (Å²) in [6.45, 7) is 3.76. The van der Waals surface area contributed by atoms with E-state index in [2.05, 4.69) is 44.9 Å². The van der Waals surface area contributed by atoms with Gasteiger partial charge in [-0.2, -0.15) is 0 Å². The van der Waals surface area contributed by atoms with Gasteiger partial charge in [-0.15, -0.1) is 21.5 Å². The number of aliphatic imine (C=N–C) groups is 1. The molecule has 0 radical (unpaired) electrons. The van der Waals surface area contributed by atoms with Crippen molar-refractivity contribution in [2.24, 2.45) is 4.99 Å². The summed E-state index contributed by atoms with van der Waals surface area (Å²) >= 11 is 1.80. The lowest BCUT2D eigenvalue weighted by molar-refractivity contribution is 0.715. The number of aryl methyl sites for hydroxylation is 2. The number of rotatable bonds is 6. The molecule has 0 spiro atoms. The standard InChI is InChI=1S/C17H22N6S/c1-13-8-9-14(24-13)12-20-17(18-2)19-10-5-7-16-22-21-15-6-3-4-11-23(15)16/h3-4,6,8-9,11H,5,7,10,12H2,1-2H3,(H2,18,19,20).